The minimum atomic E-state index is 0.0816. The Morgan fingerprint density at radius 2 is 2.12 bits per heavy atom. The van der Waals surface area contributed by atoms with Crippen molar-refractivity contribution in [2.75, 3.05) is 6.61 Å². The first-order valence-corrected chi connectivity index (χ1v) is 6.04. The van der Waals surface area contributed by atoms with E-state index in [2.05, 4.69) is 18.9 Å². The third-order valence-corrected chi connectivity index (χ3v) is 2.79. The Labute approximate surface area is 108 Å². The second kappa shape index (κ2) is 7.33. The molecule has 0 aliphatic rings. The van der Waals surface area contributed by atoms with Crippen molar-refractivity contribution in [1.29, 1.82) is 0 Å². The Morgan fingerprint density at radius 1 is 1.47 bits per heavy atom. The summed E-state index contributed by atoms with van der Waals surface area (Å²) in [7, 11) is 0. The molecule has 0 amide bonds. The number of nitrogens with one attached hydrogen (secondary N) is 1. The Balaban J connectivity index is 2.42. The van der Waals surface area contributed by atoms with Crippen molar-refractivity contribution < 1.29 is 4.74 Å². The summed E-state index contributed by atoms with van der Waals surface area (Å²) in [5, 5.41) is 0.699. The third-order valence-electron chi connectivity index (χ3n) is 2.54. The highest BCUT2D eigenvalue weighted by Gasteiger charge is 2.08. The Bertz CT molecular complexity index is 351. The molecule has 0 saturated heterocycles. The first kappa shape index (κ1) is 14.0. The highest BCUT2D eigenvalue weighted by molar-refractivity contribution is 6.30. The van der Waals surface area contributed by atoms with Crippen molar-refractivity contribution in [1.82, 2.24) is 5.43 Å². The normalized spacial score (nSPS) is 12.2. The van der Waals surface area contributed by atoms with Gasteiger partial charge in [0.2, 0.25) is 0 Å². The number of benzene rings is 1. The van der Waals surface area contributed by atoms with Crippen LogP contribution in [-0.2, 0) is 0 Å². The molecule has 0 aliphatic carbocycles. The van der Waals surface area contributed by atoms with Crippen molar-refractivity contribution in [2.24, 2.45) is 5.84 Å². The van der Waals surface area contributed by atoms with Crippen molar-refractivity contribution in [3.8, 4) is 5.75 Å². The molecular formula is C13H19ClN2O. The molecule has 3 nitrogen and oxygen atoms in total. The highest BCUT2D eigenvalue weighted by Crippen LogP contribution is 2.16. The van der Waals surface area contributed by atoms with Crippen LogP contribution in [0.25, 0.3) is 0 Å². The van der Waals surface area contributed by atoms with Crippen LogP contribution in [0.3, 0.4) is 0 Å². The number of halogens is 1. The molecule has 0 aromatic heterocycles. The second-order valence-corrected chi connectivity index (χ2v) is 4.37. The average Bonchev–Trinajstić information content (AvgIpc) is 2.36. The molecule has 0 heterocycles. The fourth-order valence-corrected chi connectivity index (χ4v) is 1.51. The van der Waals surface area contributed by atoms with Gasteiger partial charge in [0.25, 0.3) is 0 Å². The van der Waals surface area contributed by atoms with Crippen LogP contribution in [-0.4, -0.2) is 12.6 Å². The van der Waals surface area contributed by atoms with Crippen LogP contribution in [0.15, 0.2) is 36.4 Å². The van der Waals surface area contributed by atoms with Gasteiger partial charge >= 0.3 is 0 Å². The first-order valence-electron chi connectivity index (χ1n) is 5.66. The molecule has 1 aromatic rings. The minimum absolute atomic E-state index is 0.0816. The standard InChI is InChI=1S/C13H19ClN2O/c1-3-10(2)8-12(16-15)9-17-13-6-4-11(14)5-7-13/h4-7,12,16H,2-3,8-9,15H2,1H3. The molecular weight excluding hydrogens is 236 g/mol. The van der Waals surface area contributed by atoms with E-state index in [1.165, 1.54) is 0 Å². The number of ether oxygens (including phenoxy) is 1. The van der Waals surface area contributed by atoms with Crippen molar-refractivity contribution in [3.63, 3.8) is 0 Å². The van der Waals surface area contributed by atoms with Gasteiger partial charge in [0.15, 0.2) is 0 Å². The lowest BCUT2D eigenvalue weighted by molar-refractivity contribution is 0.263. The van der Waals surface area contributed by atoms with Crippen LogP contribution in [0.2, 0.25) is 5.02 Å². The molecule has 94 valence electrons. The average molecular weight is 255 g/mol. The zero-order valence-corrected chi connectivity index (χ0v) is 10.8. The van der Waals surface area contributed by atoms with Gasteiger partial charge in [-0.1, -0.05) is 30.7 Å². The molecule has 1 aromatic carbocycles. The van der Waals surface area contributed by atoms with E-state index in [0.29, 0.717) is 11.6 Å². The van der Waals surface area contributed by atoms with Crippen LogP contribution in [0.4, 0.5) is 0 Å². The fraction of sp³-hybridized carbons (Fsp3) is 0.385. The molecule has 4 heteroatoms. The maximum absolute atomic E-state index is 5.79. The van der Waals surface area contributed by atoms with Gasteiger partial charge in [-0.25, -0.2) is 0 Å². The highest BCUT2D eigenvalue weighted by atomic mass is 35.5. The van der Waals surface area contributed by atoms with Gasteiger partial charge in [0.1, 0.15) is 12.4 Å². The monoisotopic (exact) mass is 254 g/mol. The molecule has 1 unspecified atom stereocenters. The smallest absolute Gasteiger partial charge is 0.119 e. The van der Waals surface area contributed by atoms with Crippen molar-refractivity contribution in [3.05, 3.63) is 41.4 Å². The van der Waals surface area contributed by atoms with Gasteiger partial charge in [-0.2, -0.15) is 0 Å². The van der Waals surface area contributed by atoms with E-state index in [9.17, 15) is 0 Å². The molecule has 3 N–H and O–H groups in total. The first-order chi connectivity index (χ1) is 8.15. The maximum atomic E-state index is 5.79. The van der Waals surface area contributed by atoms with Gasteiger partial charge in [-0.3, -0.25) is 11.3 Å². The number of hydrazine groups is 1. The molecule has 17 heavy (non-hydrogen) atoms. The van der Waals surface area contributed by atoms with Gasteiger partial charge in [0, 0.05) is 5.02 Å². The van der Waals surface area contributed by atoms with Crippen molar-refractivity contribution in [2.45, 2.75) is 25.8 Å². The lowest BCUT2D eigenvalue weighted by atomic mass is 10.1. The molecule has 1 atom stereocenters. The fourth-order valence-electron chi connectivity index (χ4n) is 1.39. The summed E-state index contributed by atoms with van der Waals surface area (Å²) < 4.78 is 5.62. The largest absolute Gasteiger partial charge is 0.492 e. The van der Waals surface area contributed by atoms with E-state index >= 15 is 0 Å². The van der Waals surface area contributed by atoms with E-state index < -0.39 is 0 Å². The van der Waals surface area contributed by atoms with E-state index in [-0.39, 0.29) is 6.04 Å². The summed E-state index contributed by atoms with van der Waals surface area (Å²) >= 11 is 5.79. The molecule has 0 radical (unpaired) electrons. The Hall–Kier alpha value is -1.03. The summed E-state index contributed by atoms with van der Waals surface area (Å²) in [6, 6.07) is 7.35. The topological polar surface area (TPSA) is 47.3 Å². The van der Waals surface area contributed by atoms with Crippen LogP contribution in [0.5, 0.6) is 5.75 Å². The summed E-state index contributed by atoms with van der Waals surface area (Å²) in [6.07, 6.45) is 1.78. The van der Waals surface area contributed by atoms with Gasteiger partial charge in [-0.15, -0.1) is 0 Å². The molecule has 1 rings (SSSR count). The summed E-state index contributed by atoms with van der Waals surface area (Å²) in [6.45, 7) is 6.55. The van der Waals surface area contributed by atoms with Gasteiger partial charge in [-0.05, 0) is 37.1 Å². The van der Waals surface area contributed by atoms with Crippen LogP contribution in [0.1, 0.15) is 19.8 Å². The van der Waals surface area contributed by atoms with E-state index in [1.54, 1.807) is 12.1 Å². The quantitative estimate of drug-likeness (QED) is 0.447. The predicted octanol–water partition coefficient (Wildman–Crippen LogP) is 2.91. The lowest BCUT2D eigenvalue weighted by Gasteiger charge is -2.17. The lowest BCUT2D eigenvalue weighted by Crippen LogP contribution is -2.39. The Morgan fingerprint density at radius 3 is 2.65 bits per heavy atom. The minimum Gasteiger partial charge on any atom is -0.492 e. The summed E-state index contributed by atoms with van der Waals surface area (Å²) in [4.78, 5) is 0. The van der Waals surface area contributed by atoms with E-state index in [0.717, 1.165) is 24.2 Å². The summed E-state index contributed by atoms with van der Waals surface area (Å²) in [5.41, 5.74) is 3.90. The number of hydrogen-bond acceptors (Lipinski definition) is 3. The number of nitrogens with two attached hydrogens (primary N) is 1. The van der Waals surface area contributed by atoms with Gasteiger partial charge < -0.3 is 4.74 Å². The zero-order chi connectivity index (χ0) is 12.7. The van der Waals surface area contributed by atoms with E-state index in [1.807, 2.05) is 12.1 Å². The third kappa shape index (κ3) is 5.22. The SMILES string of the molecule is C=C(CC)CC(COc1ccc(Cl)cc1)NN. The molecule has 0 saturated carbocycles. The van der Waals surface area contributed by atoms with Crippen LogP contribution in [0, 0.1) is 0 Å². The Kier molecular flexibility index (Phi) is 6.05. The van der Waals surface area contributed by atoms with E-state index in [4.69, 9.17) is 22.2 Å². The zero-order valence-electron chi connectivity index (χ0n) is 10.1. The molecule has 0 fully saturated rings. The predicted molar refractivity (Wildman–Crippen MR) is 72.1 cm³/mol. The molecule has 0 aliphatic heterocycles. The van der Waals surface area contributed by atoms with Crippen LogP contribution >= 0.6 is 11.6 Å². The molecule has 0 spiro atoms. The van der Waals surface area contributed by atoms with Crippen LogP contribution < -0.4 is 16.0 Å². The number of rotatable bonds is 7. The molecule has 0 bridgehead atoms. The van der Waals surface area contributed by atoms with Gasteiger partial charge in [0.05, 0.1) is 6.04 Å². The maximum Gasteiger partial charge on any atom is 0.119 e. The number of hydrogen-bond donors (Lipinski definition) is 2. The summed E-state index contributed by atoms with van der Waals surface area (Å²) in [5.74, 6) is 6.26. The second-order valence-electron chi connectivity index (χ2n) is 3.94. The van der Waals surface area contributed by atoms with Crippen molar-refractivity contribution >= 4 is 11.6 Å².